The van der Waals surface area contributed by atoms with E-state index < -0.39 is 5.60 Å². The Morgan fingerprint density at radius 2 is 1.87 bits per heavy atom. The summed E-state index contributed by atoms with van der Waals surface area (Å²) in [7, 11) is 0. The number of fused-ring (bicyclic) bond motifs is 5. The molecule has 0 spiro atoms. The highest BCUT2D eigenvalue weighted by molar-refractivity contribution is 6.30. The fraction of sp³-hybridized carbons (Fsp3) is 0.800. The molecule has 4 saturated carbocycles. The topological polar surface area (TPSA) is 68.0 Å². The largest absolute Gasteiger partial charge is 0.389 e. The van der Waals surface area contributed by atoms with Crippen LogP contribution in [0, 0.1) is 52.2 Å². The lowest BCUT2D eigenvalue weighted by Gasteiger charge is -2.57. The minimum absolute atomic E-state index is 0.129. The van der Waals surface area contributed by atoms with Crippen LogP contribution in [0.1, 0.15) is 71.1 Å². The summed E-state index contributed by atoms with van der Waals surface area (Å²) in [5.41, 5.74) is -0.520. The first kappa shape index (κ1) is 21.5. The lowest BCUT2D eigenvalue weighted by atomic mass is 9.48. The molecule has 4 fully saturated rings. The standard InChI is InChI=1S/C25H34ClN3O2/c1-24-10-7-19-18-8-11-25(31,9-2-12-26)15-17(18)3-4-20(19)21(24)5-6-22(24)23(30)16-29-27-13-14-28-29/h13-14,17-22,31H,3-11,15-16H2,1H3/t17-,18+,19-,20?,21+,22-,24+,25-/m1/s1. The predicted octanol–water partition coefficient (Wildman–Crippen LogP) is 4.44. The quantitative estimate of drug-likeness (QED) is 0.698. The van der Waals surface area contributed by atoms with Crippen molar-refractivity contribution in [3.63, 3.8) is 0 Å². The monoisotopic (exact) mass is 443 g/mol. The summed E-state index contributed by atoms with van der Waals surface area (Å²) in [6, 6.07) is 0. The molecule has 31 heavy (non-hydrogen) atoms. The molecule has 4 aliphatic rings. The Bertz CT molecular complexity index is 877. The van der Waals surface area contributed by atoms with E-state index in [9.17, 15) is 9.90 Å². The minimum atomic E-state index is -0.648. The molecule has 4 aliphatic carbocycles. The van der Waals surface area contributed by atoms with Gasteiger partial charge in [0.2, 0.25) is 0 Å². The van der Waals surface area contributed by atoms with Crippen molar-refractivity contribution >= 4 is 17.4 Å². The minimum Gasteiger partial charge on any atom is -0.389 e. The van der Waals surface area contributed by atoms with E-state index in [2.05, 4.69) is 28.4 Å². The van der Waals surface area contributed by atoms with Crippen LogP contribution in [0.4, 0.5) is 0 Å². The third kappa shape index (κ3) is 3.74. The number of aliphatic hydroxyl groups is 1. The third-order valence-electron chi connectivity index (χ3n) is 9.74. The van der Waals surface area contributed by atoms with E-state index in [4.69, 9.17) is 11.6 Å². The Kier molecular flexibility index (Phi) is 5.67. The highest BCUT2D eigenvalue weighted by Crippen LogP contribution is 2.64. The van der Waals surface area contributed by atoms with Crippen LogP contribution in [0.2, 0.25) is 0 Å². The van der Waals surface area contributed by atoms with Gasteiger partial charge in [-0.1, -0.05) is 12.8 Å². The van der Waals surface area contributed by atoms with Crippen molar-refractivity contribution in [3.05, 3.63) is 12.4 Å². The van der Waals surface area contributed by atoms with E-state index in [1.165, 1.54) is 30.5 Å². The van der Waals surface area contributed by atoms with Crippen LogP contribution in [-0.2, 0) is 11.3 Å². The molecule has 0 aliphatic heterocycles. The smallest absolute Gasteiger partial charge is 0.159 e. The molecule has 5 rings (SSSR count). The van der Waals surface area contributed by atoms with Gasteiger partial charge in [-0.25, -0.2) is 0 Å². The molecule has 1 unspecified atom stereocenters. The molecule has 1 heterocycles. The zero-order valence-corrected chi connectivity index (χ0v) is 19.2. The second kappa shape index (κ2) is 8.19. The first-order chi connectivity index (χ1) is 14.9. The van der Waals surface area contributed by atoms with Gasteiger partial charge >= 0.3 is 0 Å². The summed E-state index contributed by atoms with van der Waals surface area (Å²) in [5.74, 6) is 6.88. The number of aromatic nitrogens is 3. The van der Waals surface area contributed by atoms with E-state index in [-0.39, 0.29) is 11.3 Å². The van der Waals surface area contributed by atoms with Crippen LogP contribution in [0.3, 0.4) is 0 Å². The summed E-state index contributed by atoms with van der Waals surface area (Å²) in [4.78, 5) is 14.7. The van der Waals surface area contributed by atoms with E-state index in [0.29, 0.717) is 30.6 Å². The summed E-state index contributed by atoms with van der Waals surface area (Å²) in [6.07, 6.45) is 13.7. The normalized spacial score (nSPS) is 43.8. The van der Waals surface area contributed by atoms with Gasteiger partial charge < -0.3 is 5.11 Å². The SMILES string of the molecule is C[C@]12CC[C@H]3C(CC[C@@H]4C[C@@](O)(CC#CCl)CC[C@@H]43)[C@@H]1CC[C@@H]2C(=O)Cn1nccn1. The van der Waals surface area contributed by atoms with Crippen molar-refractivity contribution in [1.29, 1.82) is 0 Å². The lowest BCUT2D eigenvalue weighted by Crippen LogP contribution is -2.51. The van der Waals surface area contributed by atoms with Crippen LogP contribution >= 0.6 is 11.6 Å². The Labute approximate surface area is 190 Å². The second-order valence-corrected chi connectivity index (χ2v) is 11.2. The number of nitrogens with zero attached hydrogens (tertiary/aromatic N) is 3. The molecular weight excluding hydrogens is 410 g/mol. The number of Topliss-reactive ketones (excluding diaryl/α,β-unsaturated/α-hetero) is 1. The molecule has 0 bridgehead atoms. The number of hydrogen-bond donors (Lipinski definition) is 1. The first-order valence-corrected chi connectivity index (χ1v) is 12.5. The van der Waals surface area contributed by atoms with Gasteiger partial charge in [0, 0.05) is 17.7 Å². The third-order valence-corrected chi connectivity index (χ3v) is 9.87. The van der Waals surface area contributed by atoms with Gasteiger partial charge in [-0.05, 0) is 104 Å². The van der Waals surface area contributed by atoms with E-state index in [1.54, 1.807) is 12.4 Å². The molecule has 1 aromatic heterocycles. The molecule has 5 nitrogen and oxygen atoms in total. The molecule has 0 saturated heterocycles. The first-order valence-electron chi connectivity index (χ1n) is 12.1. The fourth-order valence-electron chi connectivity index (χ4n) is 8.42. The number of ketones is 1. The maximum absolute atomic E-state index is 13.2. The summed E-state index contributed by atoms with van der Waals surface area (Å²) in [6.45, 7) is 2.71. The van der Waals surface area contributed by atoms with Crippen LogP contribution in [-0.4, -0.2) is 31.5 Å². The molecule has 1 aromatic rings. The number of halogens is 1. The van der Waals surface area contributed by atoms with E-state index in [1.807, 2.05) is 0 Å². The average Bonchev–Trinajstić information content (AvgIpc) is 3.39. The number of carbonyl (C=O) groups is 1. The highest BCUT2D eigenvalue weighted by atomic mass is 35.5. The van der Waals surface area contributed by atoms with Crippen molar-refractivity contribution in [3.8, 4) is 11.3 Å². The lowest BCUT2D eigenvalue weighted by molar-refractivity contribution is -0.133. The van der Waals surface area contributed by atoms with Crippen molar-refractivity contribution in [1.82, 2.24) is 15.0 Å². The van der Waals surface area contributed by atoms with Crippen molar-refractivity contribution in [2.75, 3.05) is 0 Å². The van der Waals surface area contributed by atoms with Gasteiger partial charge in [0.25, 0.3) is 0 Å². The van der Waals surface area contributed by atoms with E-state index >= 15 is 0 Å². The van der Waals surface area contributed by atoms with Gasteiger partial charge in [0.15, 0.2) is 5.78 Å². The van der Waals surface area contributed by atoms with E-state index in [0.717, 1.165) is 49.9 Å². The Balaban J connectivity index is 1.28. The van der Waals surface area contributed by atoms with Crippen LogP contribution in [0.15, 0.2) is 12.4 Å². The molecule has 0 aromatic carbocycles. The van der Waals surface area contributed by atoms with Crippen LogP contribution in [0.25, 0.3) is 0 Å². The number of carbonyl (C=O) groups excluding carboxylic acids is 1. The molecule has 0 amide bonds. The molecule has 168 valence electrons. The molecule has 6 heteroatoms. The Morgan fingerprint density at radius 1 is 1.10 bits per heavy atom. The number of rotatable bonds is 4. The van der Waals surface area contributed by atoms with Gasteiger partial charge in [-0.15, -0.1) is 0 Å². The predicted molar refractivity (Wildman–Crippen MR) is 119 cm³/mol. The zero-order valence-electron chi connectivity index (χ0n) is 18.5. The zero-order chi connectivity index (χ0) is 21.6. The summed E-state index contributed by atoms with van der Waals surface area (Å²) < 4.78 is 0. The Hall–Kier alpha value is -1.38. The van der Waals surface area contributed by atoms with Crippen molar-refractivity contribution in [2.45, 2.75) is 83.3 Å². The molecule has 0 radical (unpaired) electrons. The van der Waals surface area contributed by atoms with Gasteiger partial charge in [-0.2, -0.15) is 15.0 Å². The second-order valence-electron chi connectivity index (χ2n) is 11.1. The van der Waals surface area contributed by atoms with Crippen LogP contribution < -0.4 is 0 Å². The Morgan fingerprint density at radius 3 is 2.65 bits per heavy atom. The van der Waals surface area contributed by atoms with Crippen molar-refractivity contribution < 1.29 is 9.90 Å². The van der Waals surface area contributed by atoms with Gasteiger partial charge in [0.05, 0.1) is 18.0 Å². The molecule has 1 N–H and O–H groups in total. The van der Waals surface area contributed by atoms with Gasteiger partial charge in [-0.3, -0.25) is 4.79 Å². The van der Waals surface area contributed by atoms with Gasteiger partial charge in [0.1, 0.15) is 6.54 Å². The maximum Gasteiger partial charge on any atom is 0.159 e. The average molecular weight is 444 g/mol. The highest BCUT2D eigenvalue weighted by Gasteiger charge is 2.58. The summed E-state index contributed by atoms with van der Waals surface area (Å²) in [5, 5.41) is 21.7. The molecule has 8 atom stereocenters. The fourth-order valence-corrected chi connectivity index (χ4v) is 8.49. The van der Waals surface area contributed by atoms with Crippen molar-refractivity contribution in [2.24, 2.45) is 40.9 Å². The number of hydrogen-bond acceptors (Lipinski definition) is 4. The van der Waals surface area contributed by atoms with Crippen LogP contribution in [0.5, 0.6) is 0 Å². The summed E-state index contributed by atoms with van der Waals surface area (Å²) >= 11 is 5.54. The maximum atomic E-state index is 13.2. The molecular formula is C25H34ClN3O2.